The van der Waals surface area contributed by atoms with Crippen LogP contribution in [0.15, 0.2) is 42.5 Å². The van der Waals surface area contributed by atoms with Gasteiger partial charge in [-0.25, -0.2) is 0 Å². The molecule has 0 aliphatic carbocycles. The lowest BCUT2D eigenvalue weighted by molar-refractivity contribution is 0.102. The van der Waals surface area contributed by atoms with Crippen molar-refractivity contribution in [2.45, 2.75) is 6.92 Å². The maximum absolute atomic E-state index is 12.2. The molecule has 1 amide bonds. The van der Waals surface area contributed by atoms with Crippen LogP contribution in [0.3, 0.4) is 0 Å². The monoisotopic (exact) mass is 291 g/mol. The normalized spacial score (nSPS) is 10.1. The minimum absolute atomic E-state index is 0.0810. The number of carbonyl (C=O) groups is 1. The number of para-hydroxylation sites is 1. The molecule has 0 aliphatic heterocycles. The molecule has 20 heavy (non-hydrogen) atoms. The van der Waals surface area contributed by atoms with Gasteiger partial charge in [0.1, 0.15) is 11.5 Å². The summed E-state index contributed by atoms with van der Waals surface area (Å²) in [4.78, 5) is 12.2. The number of amides is 1. The molecule has 2 N–H and O–H groups in total. The number of aromatic hydroxyl groups is 1. The average molecular weight is 292 g/mol. The Bertz CT molecular complexity index is 628. The number of hydrogen-bond acceptors (Lipinski definition) is 3. The van der Waals surface area contributed by atoms with Crippen LogP contribution in [0.4, 0.5) is 5.69 Å². The third-order valence-corrected chi connectivity index (χ3v) is 2.96. The number of rotatable bonds is 4. The Balaban J connectivity index is 2.21. The highest BCUT2D eigenvalue weighted by Crippen LogP contribution is 2.27. The number of carbonyl (C=O) groups excluding carboxylic acids is 1. The van der Waals surface area contributed by atoms with Crippen LogP contribution in [0.25, 0.3) is 0 Å². The van der Waals surface area contributed by atoms with Crippen LogP contribution < -0.4 is 10.1 Å². The SMILES string of the molecule is CCOc1ccccc1C(=O)Nc1ccc(Cl)c(O)c1. The number of hydrogen-bond donors (Lipinski definition) is 2. The molecule has 4 nitrogen and oxygen atoms in total. The molecule has 2 aromatic carbocycles. The maximum Gasteiger partial charge on any atom is 0.259 e. The Morgan fingerprint density at radius 3 is 2.75 bits per heavy atom. The molecule has 5 heteroatoms. The predicted octanol–water partition coefficient (Wildman–Crippen LogP) is 3.70. The second kappa shape index (κ2) is 6.30. The van der Waals surface area contributed by atoms with Crippen molar-refractivity contribution in [3.8, 4) is 11.5 Å². The first kappa shape index (κ1) is 14.2. The Hall–Kier alpha value is -2.20. The highest BCUT2D eigenvalue weighted by molar-refractivity contribution is 6.32. The minimum atomic E-state index is -0.309. The summed E-state index contributed by atoms with van der Waals surface area (Å²) in [5.74, 6) is 0.129. The van der Waals surface area contributed by atoms with Gasteiger partial charge in [-0.05, 0) is 31.2 Å². The lowest BCUT2D eigenvalue weighted by Crippen LogP contribution is -2.13. The van der Waals surface area contributed by atoms with Crippen LogP contribution in [0, 0.1) is 0 Å². The minimum Gasteiger partial charge on any atom is -0.506 e. The highest BCUT2D eigenvalue weighted by atomic mass is 35.5. The largest absolute Gasteiger partial charge is 0.506 e. The molecule has 0 radical (unpaired) electrons. The van der Waals surface area contributed by atoms with Gasteiger partial charge in [0.05, 0.1) is 17.2 Å². The molecule has 0 aliphatic rings. The number of anilines is 1. The molecule has 0 bridgehead atoms. The van der Waals surface area contributed by atoms with E-state index in [1.54, 1.807) is 30.3 Å². The molecular formula is C15H14ClNO3. The Morgan fingerprint density at radius 1 is 1.30 bits per heavy atom. The standard InChI is InChI=1S/C15H14ClNO3/c1-2-20-14-6-4-3-5-11(14)15(19)17-10-7-8-12(16)13(18)9-10/h3-9,18H,2H2,1H3,(H,17,19). The molecule has 0 atom stereocenters. The Labute approximate surface area is 122 Å². The van der Waals surface area contributed by atoms with E-state index in [1.165, 1.54) is 12.1 Å². The zero-order valence-corrected chi connectivity index (χ0v) is 11.6. The lowest BCUT2D eigenvalue weighted by Gasteiger charge is -2.10. The van der Waals surface area contributed by atoms with Gasteiger partial charge in [0.15, 0.2) is 0 Å². The van der Waals surface area contributed by atoms with E-state index in [9.17, 15) is 9.90 Å². The third kappa shape index (κ3) is 3.22. The van der Waals surface area contributed by atoms with Gasteiger partial charge < -0.3 is 15.2 Å². The number of benzene rings is 2. The van der Waals surface area contributed by atoms with Gasteiger partial charge in [0.2, 0.25) is 0 Å². The van der Waals surface area contributed by atoms with Crippen LogP contribution in [0.2, 0.25) is 5.02 Å². The number of nitrogens with one attached hydrogen (secondary N) is 1. The van der Waals surface area contributed by atoms with E-state index >= 15 is 0 Å². The van der Waals surface area contributed by atoms with E-state index in [0.717, 1.165) is 0 Å². The van der Waals surface area contributed by atoms with Gasteiger partial charge in [-0.15, -0.1) is 0 Å². The van der Waals surface area contributed by atoms with Gasteiger partial charge in [-0.3, -0.25) is 4.79 Å². The summed E-state index contributed by atoms with van der Waals surface area (Å²) in [6.07, 6.45) is 0. The quantitative estimate of drug-likeness (QED) is 0.903. The third-order valence-electron chi connectivity index (χ3n) is 2.64. The molecule has 0 unspecified atom stereocenters. The van der Waals surface area contributed by atoms with Crippen LogP contribution in [-0.2, 0) is 0 Å². The zero-order valence-electron chi connectivity index (χ0n) is 10.9. The first-order chi connectivity index (χ1) is 9.61. The summed E-state index contributed by atoms with van der Waals surface area (Å²) in [7, 11) is 0. The van der Waals surface area contributed by atoms with Crippen molar-refractivity contribution in [3.05, 3.63) is 53.1 Å². The van der Waals surface area contributed by atoms with Crippen LogP contribution in [0.5, 0.6) is 11.5 Å². The summed E-state index contributed by atoms with van der Waals surface area (Å²) in [6.45, 7) is 2.33. The van der Waals surface area contributed by atoms with Crippen LogP contribution in [-0.4, -0.2) is 17.6 Å². The van der Waals surface area contributed by atoms with Crippen molar-refractivity contribution in [1.82, 2.24) is 0 Å². The van der Waals surface area contributed by atoms with Crippen molar-refractivity contribution in [1.29, 1.82) is 0 Å². The first-order valence-electron chi connectivity index (χ1n) is 6.13. The summed E-state index contributed by atoms with van der Waals surface area (Å²) in [6, 6.07) is 11.5. The zero-order chi connectivity index (χ0) is 14.5. The van der Waals surface area contributed by atoms with E-state index in [-0.39, 0.29) is 16.7 Å². The molecule has 0 spiro atoms. The first-order valence-corrected chi connectivity index (χ1v) is 6.51. The van der Waals surface area contributed by atoms with Gasteiger partial charge in [0.25, 0.3) is 5.91 Å². The van der Waals surface area contributed by atoms with E-state index in [0.29, 0.717) is 23.6 Å². The molecule has 0 saturated heterocycles. The molecule has 0 heterocycles. The predicted molar refractivity (Wildman–Crippen MR) is 78.7 cm³/mol. The lowest BCUT2D eigenvalue weighted by atomic mass is 10.2. The number of ether oxygens (including phenoxy) is 1. The Morgan fingerprint density at radius 2 is 2.05 bits per heavy atom. The van der Waals surface area contributed by atoms with Crippen molar-refractivity contribution >= 4 is 23.2 Å². The van der Waals surface area contributed by atoms with Crippen molar-refractivity contribution in [3.63, 3.8) is 0 Å². The maximum atomic E-state index is 12.2. The molecular weight excluding hydrogens is 278 g/mol. The molecule has 0 aromatic heterocycles. The number of phenols is 1. The Kier molecular flexibility index (Phi) is 4.48. The molecule has 2 aromatic rings. The summed E-state index contributed by atoms with van der Waals surface area (Å²) >= 11 is 5.72. The van der Waals surface area contributed by atoms with Crippen molar-refractivity contribution < 1.29 is 14.6 Å². The van der Waals surface area contributed by atoms with Gasteiger partial charge >= 0.3 is 0 Å². The van der Waals surface area contributed by atoms with E-state index in [1.807, 2.05) is 6.92 Å². The van der Waals surface area contributed by atoms with Crippen molar-refractivity contribution in [2.24, 2.45) is 0 Å². The number of halogens is 1. The van der Waals surface area contributed by atoms with Crippen LogP contribution in [0.1, 0.15) is 17.3 Å². The molecule has 2 rings (SSSR count). The smallest absolute Gasteiger partial charge is 0.259 e. The van der Waals surface area contributed by atoms with Crippen LogP contribution >= 0.6 is 11.6 Å². The van der Waals surface area contributed by atoms with Gasteiger partial charge in [-0.2, -0.15) is 0 Å². The molecule has 0 saturated carbocycles. The van der Waals surface area contributed by atoms with E-state index in [2.05, 4.69) is 5.32 Å². The summed E-state index contributed by atoms with van der Waals surface area (Å²) in [5.41, 5.74) is 0.895. The highest BCUT2D eigenvalue weighted by Gasteiger charge is 2.12. The molecule has 0 fully saturated rings. The fraction of sp³-hybridized carbons (Fsp3) is 0.133. The second-order valence-electron chi connectivity index (χ2n) is 4.05. The second-order valence-corrected chi connectivity index (χ2v) is 4.46. The molecule has 104 valence electrons. The summed E-state index contributed by atoms with van der Waals surface area (Å²) in [5, 5.41) is 12.4. The van der Waals surface area contributed by atoms with Gasteiger partial charge in [0, 0.05) is 11.8 Å². The summed E-state index contributed by atoms with van der Waals surface area (Å²) < 4.78 is 5.41. The number of phenolic OH excluding ortho intramolecular Hbond substituents is 1. The van der Waals surface area contributed by atoms with Gasteiger partial charge in [-0.1, -0.05) is 23.7 Å². The van der Waals surface area contributed by atoms with Crippen molar-refractivity contribution in [2.75, 3.05) is 11.9 Å². The fourth-order valence-corrected chi connectivity index (χ4v) is 1.84. The van der Waals surface area contributed by atoms with E-state index in [4.69, 9.17) is 16.3 Å². The van der Waals surface area contributed by atoms with E-state index < -0.39 is 0 Å². The fourth-order valence-electron chi connectivity index (χ4n) is 1.72. The average Bonchev–Trinajstić information content (AvgIpc) is 2.44. The topological polar surface area (TPSA) is 58.6 Å².